The number of amides is 1. The number of methoxy groups -OCH3 is 1. The molecule has 0 bridgehead atoms. The molecule has 5 heteroatoms. The normalized spacial score (nSPS) is 17.3. The van der Waals surface area contributed by atoms with Crippen LogP contribution in [0.4, 0.5) is 0 Å². The zero-order valence-corrected chi connectivity index (χ0v) is 21.5. The van der Waals surface area contributed by atoms with Crippen molar-refractivity contribution in [3.63, 3.8) is 0 Å². The Bertz CT molecular complexity index is 1110. The minimum absolute atomic E-state index is 0.00815. The summed E-state index contributed by atoms with van der Waals surface area (Å²) in [7, 11) is 1.69. The van der Waals surface area contributed by atoms with E-state index in [1.165, 1.54) is 5.56 Å². The molecule has 36 heavy (non-hydrogen) atoms. The molecule has 4 rings (SSSR count). The second kappa shape index (κ2) is 12.7. The van der Waals surface area contributed by atoms with Gasteiger partial charge < -0.3 is 14.8 Å². The van der Waals surface area contributed by atoms with Crippen molar-refractivity contribution in [1.29, 1.82) is 0 Å². The number of para-hydroxylation sites is 1. The summed E-state index contributed by atoms with van der Waals surface area (Å²) in [6.45, 7) is 6.32. The van der Waals surface area contributed by atoms with Gasteiger partial charge in [0.05, 0.1) is 7.11 Å². The number of ether oxygens (including phenoxy) is 2. The summed E-state index contributed by atoms with van der Waals surface area (Å²) in [5, 5.41) is 3.18. The average Bonchev–Trinajstić information content (AvgIpc) is 3.40. The number of nitrogens with zero attached hydrogens (tertiary/aromatic N) is 1. The maximum absolute atomic E-state index is 13.4. The van der Waals surface area contributed by atoms with Crippen molar-refractivity contribution in [1.82, 2.24) is 10.2 Å². The molecule has 1 aliphatic heterocycles. The summed E-state index contributed by atoms with van der Waals surface area (Å²) in [5.41, 5.74) is 3.74. The van der Waals surface area contributed by atoms with E-state index < -0.39 is 5.60 Å². The van der Waals surface area contributed by atoms with Crippen molar-refractivity contribution < 1.29 is 14.3 Å². The Morgan fingerprint density at radius 1 is 1.03 bits per heavy atom. The van der Waals surface area contributed by atoms with Crippen molar-refractivity contribution in [2.75, 3.05) is 33.4 Å². The van der Waals surface area contributed by atoms with E-state index in [0.717, 1.165) is 61.3 Å². The molecule has 3 aromatic rings. The van der Waals surface area contributed by atoms with Gasteiger partial charge in [-0.25, -0.2) is 0 Å². The van der Waals surface area contributed by atoms with Gasteiger partial charge in [0.25, 0.3) is 5.91 Å². The van der Waals surface area contributed by atoms with Gasteiger partial charge in [-0.05, 0) is 48.6 Å². The molecule has 1 aliphatic rings. The third kappa shape index (κ3) is 6.54. The first-order valence-corrected chi connectivity index (χ1v) is 13.0. The molecule has 3 aromatic carbocycles. The van der Waals surface area contributed by atoms with Crippen LogP contribution in [-0.4, -0.2) is 49.8 Å². The number of nitrogens with one attached hydrogen (secondary N) is 1. The molecule has 1 amide bonds. The minimum Gasteiger partial charge on any atom is -0.496 e. The molecule has 0 unspecified atom stereocenters. The molecule has 0 aliphatic carbocycles. The Balaban J connectivity index is 1.36. The smallest absolute Gasteiger partial charge is 0.252 e. The van der Waals surface area contributed by atoms with Crippen LogP contribution in [0.3, 0.4) is 0 Å². The topological polar surface area (TPSA) is 50.8 Å². The molecule has 1 atom stereocenters. The van der Waals surface area contributed by atoms with Gasteiger partial charge in [-0.1, -0.05) is 79.7 Å². The molecular weight excluding hydrogens is 448 g/mol. The summed E-state index contributed by atoms with van der Waals surface area (Å²) >= 11 is 0. The Morgan fingerprint density at radius 2 is 1.81 bits per heavy atom. The van der Waals surface area contributed by atoms with Crippen LogP contribution in [0.1, 0.15) is 37.3 Å². The largest absolute Gasteiger partial charge is 0.496 e. The Hall–Kier alpha value is -3.15. The van der Waals surface area contributed by atoms with Gasteiger partial charge in [0.15, 0.2) is 5.60 Å². The predicted octanol–water partition coefficient (Wildman–Crippen LogP) is 5.48. The van der Waals surface area contributed by atoms with Gasteiger partial charge >= 0.3 is 0 Å². The zero-order chi connectivity index (χ0) is 25.2. The molecule has 0 saturated carbocycles. The van der Waals surface area contributed by atoms with Gasteiger partial charge in [0.1, 0.15) is 5.75 Å². The number of hydrogen-bond acceptors (Lipinski definition) is 4. The van der Waals surface area contributed by atoms with E-state index >= 15 is 0 Å². The molecule has 0 spiro atoms. The lowest BCUT2D eigenvalue weighted by Crippen LogP contribution is -2.48. The highest BCUT2D eigenvalue weighted by Gasteiger charge is 2.42. The molecule has 0 radical (unpaired) electrons. The number of benzene rings is 3. The van der Waals surface area contributed by atoms with Crippen LogP contribution in [0.5, 0.6) is 5.75 Å². The summed E-state index contributed by atoms with van der Waals surface area (Å²) in [6, 6.07) is 26.9. The van der Waals surface area contributed by atoms with Crippen LogP contribution in [0, 0.1) is 0 Å². The first kappa shape index (κ1) is 25.9. The number of rotatable bonds is 12. The molecule has 1 fully saturated rings. The van der Waals surface area contributed by atoms with Gasteiger partial charge in [0, 0.05) is 38.2 Å². The molecule has 5 nitrogen and oxygen atoms in total. The van der Waals surface area contributed by atoms with Crippen molar-refractivity contribution in [2.24, 2.45) is 0 Å². The average molecular weight is 487 g/mol. The molecule has 190 valence electrons. The number of carbonyl (C=O) groups excluding carboxylic acids is 1. The van der Waals surface area contributed by atoms with E-state index in [-0.39, 0.29) is 5.91 Å². The Labute approximate surface area is 215 Å². The SMILES string of the molecule is CCN(CCCNC(=O)[C@]1(Cc2cccc(-c3ccccc3OC)c2)CCCO1)Cc1ccccc1. The predicted molar refractivity (Wildman–Crippen MR) is 145 cm³/mol. The lowest BCUT2D eigenvalue weighted by atomic mass is 9.89. The lowest BCUT2D eigenvalue weighted by Gasteiger charge is -2.28. The van der Waals surface area contributed by atoms with Crippen LogP contribution in [0.25, 0.3) is 11.1 Å². The van der Waals surface area contributed by atoms with Crippen LogP contribution < -0.4 is 10.1 Å². The van der Waals surface area contributed by atoms with Crippen LogP contribution in [0.2, 0.25) is 0 Å². The van der Waals surface area contributed by atoms with E-state index in [1.807, 2.05) is 30.3 Å². The maximum Gasteiger partial charge on any atom is 0.252 e. The maximum atomic E-state index is 13.4. The van der Waals surface area contributed by atoms with E-state index in [0.29, 0.717) is 19.6 Å². The van der Waals surface area contributed by atoms with Crippen molar-refractivity contribution in [3.05, 3.63) is 90.0 Å². The third-order valence-electron chi connectivity index (χ3n) is 6.98. The molecular formula is C31H38N2O3. The van der Waals surface area contributed by atoms with Gasteiger partial charge in [-0.15, -0.1) is 0 Å². The highest BCUT2D eigenvalue weighted by Crippen LogP contribution is 2.33. The second-order valence-electron chi connectivity index (χ2n) is 9.49. The van der Waals surface area contributed by atoms with Crippen molar-refractivity contribution >= 4 is 5.91 Å². The second-order valence-corrected chi connectivity index (χ2v) is 9.49. The van der Waals surface area contributed by atoms with Crippen molar-refractivity contribution in [2.45, 2.75) is 44.8 Å². The fraction of sp³-hybridized carbons (Fsp3) is 0.387. The first-order chi connectivity index (χ1) is 17.6. The molecule has 0 aromatic heterocycles. The van der Waals surface area contributed by atoms with Crippen molar-refractivity contribution in [3.8, 4) is 16.9 Å². The van der Waals surface area contributed by atoms with E-state index in [1.54, 1.807) is 7.11 Å². The van der Waals surface area contributed by atoms with E-state index in [2.05, 4.69) is 65.7 Å². The van der Waals surface area contributed by atoms with Gasteiger partial charge in [-0.2, -0.15) is 0 Å². The van der Waals surface area contributed by atoms with Crippen LogP contribution in [-0.2, 0) is 22.5 Å². The minimum atomic E-state index is -0.798. The number of carbonyl (C=O) groups is 1. The molecule has 1 N–H and O–H groups in total. The summed E-state index contributed by atoms with van der Waals surface area (Å²) < 4.78 is 11.7. The Kier molecular flexibility index (Phi) is 9.15. The Morgan fingerprint density at radius 3 is 2.56 bits per heavy atom. The van der Waals surface area contributed by atoms with Crippen LogP contribution >= 0.6 is 0 Å². The van der Waals surface area contributed by atoms with E-state index in [9.17, 15) is 4.79 Å². The first-order valence-electron chi connectivity index (χ1n) is 13.0. The van der Waals surface area contributed by atoms with Crippen LogP contribution in [0.15, 0.2) is 78.9 Å². The summed E-state index contributed by atoms with van der Waals surface area (Å²) in [6.07, 6.45) is 3.12. The molecule has 1 saturated heterocycles. The third-order valence-corrected chi connectivity index (χ3v) is 6.98. The zero-order valence-electron chi connectivity index (χ0n) is 21.5. The highest BCUT2D eigenvalue weighted by atomic mass is 16.5. The fourth-order valence-corrected chi connectivity index (χ4v) is 5.01. The quantitative estimate of drug-likeness (QED) is 0.344. The lowest BCUT2D eigenvalue weighted by molar-refractivity contribution is -0.141. The monoisotopic (exact) mass is 486 g/mol. The summed E-state index contributed by atoms with van der Waals surface area (Å²) in [4.78, 5) is 15.8. The fourth-order valence-electron chi connectivity index (χ4n) is 5.01. The molecule has 1 heterocycles. The van der Waals surface area contributed by atoms with E-state index in [4.69, 9.17) is 9.47 Å². The highest BCUT2D eigenvalue weighted by molar-refractivity contribution is 5.86. The summed E-state index contributed by atoms with van der Waals surface area (Å²) in [5.74, 6) is 0.849. The number of hydrogen-bond donors (Lipinski definition) is 1. The van der Waals surface area contributed by atoms with Gasteiger partial charge in [-0.3, -0.25) is 9.69 Å². The van der Waals surface area contributed by atoms with Gasteiger partial charge in [0.2, 0.25) is 0 Å². The standard InChI is InChI=1S/C31H38N2O3/c1-3-33(24-25-12-5-4-6-13-25)20-11-19-32-30(34)31(18-10-21-36-31)23-26-14-9-15-27(22-26)28-16-7-8-17-29(28)35-2/h4-9,12-17,22H,3,10-11,18-21,23-24H2,1-2H3,(H,32,34)/t31-/m1/s1.